The van der Waals surface area contributed by atoms with E-state index in [9.17, 15) is 4.79 Å². The van der Waals surface area contributed by atoms with Crippen molar-refractivity contribution >= 4 is 5.91 Å². The maximum atomic E-state index is 12.6. The van der Waals surface area contributed by atoms with E-state index in [2.05, 4.69) is 10.5 Å². The molecule has 140 valence electrons. The lowest BCUT2D eigenvalue weighted by atomic mass is 10.1. The molecular formula is C21H22N2O4. The molecule has 2 aromatic carbocycles. The molecular weight excluding hydrogens is 344 g/mol. The van der Waals surface area contributed by atoms with Gasteiger partial charge in [0.2, 0.25) is 0 Å². The van der Waals surface area contributed by atoms with Crippen LogP contribution in [0.5, 0.6) is 11.5 Å². The lowest BCUT2D eigenvalue weighted by molar-refractivity contribution is 0.0946. The zero-order valence-corrected chi connectivity index (χ0v) is 15.4. The van der Waals surface area contributed by atoms with E-state index in [1.165, 1.54) is 0 Å². The van der Waals surface area contributed by atoms with Crippen molar-refractivity contribution in [3.63, 3.8) is 0 Å². The van der Waals surface area contributed by atoms with Gasteiger partial charge in [-0.3, -0.25) is 4.79 Å². The molecule has 3 aromatic rings. The third kappa shape index (κ3) is 4.67. The van der Waals surface area contributed by atoms with Gasteiger partial charge in [-0.25, -0.2) is 0 Å². The Balaban J connectivity index is 1.55. The van der Waals surface area contributed by atoms with Gasteiger partial charge >= 0.3 is 0 Å². The molecule has 0 saturated carbocycles. The molecule has 3 rings (SSSR count). The van der Waals surface area contributed by atoms with Crippen LogP contribution in [0.3, 0.4) is 0 Å². The lowest BCUT2D eigenvalue weighted by Gasteiger charge is -2.09. The standard InChI is InChI=1S/C21H22N2O4/c1-3-25-17-9-11-18(12-10-17)26-14-13-22-21(24)19-15(2)27-23-20(19)16-7-5-4-6-8-16/h4-12H,3,13-14H2,1-2H3,(H,22,24). The predicted octanol–water partition coefficient (Wildman–Crippen LogP) is 3.86. The molecule has 1 N–H and O–H groups in total. The fraction of sp³-hybridized carbons (Fsp3) is 0.238. The Bertz CT molecular complexity index is 873. The number of carbonyl (C=O) groups excluding carboxylic acids is 1. The Kier molecular flexibility index (Phi) is 6.10. The summed E-state index contributed by atoms with van der Waals surface area (Å²) < 4.78 is 16.3. The molecule has 0 bridgehead atoms. The molecule has 0 saturated heterocycles. The lowest BCUT2D eigenvalue weighted by Crippen LogP contribution is -2.28. The second kappa shape index (κ2) is 8.89. The first-order valence-electron chi connectivity index (χ1n) is 8.84. The highest BCUT2D eigenvalue weighted by atomic mass is 16.5. The number of hydrogen-bond acceptors (Lipinski definition) is 5. The van der Waals surface area contributed by atoms with Gasteiger partial charge in [0, 0.05) is 5.56 Å². The van der Waals surface area contributed by atoms with Crippen molar-refractivity contribution < 1.29 is 18.8 Å². The molecule has 0 atom stereocenters. The van der Waals surface area contributed by atoms with Crippen molar-refractivity contribution in [2.24, 2.45) is 0 Å². The van der Waals surface area contributed by atoms with Gasteiger partial charge in [-0.2, -0.15) is 0 Å². The zero-order chi connectivity index (χ0) is 19.1. The number of hydrogen-bond donors (Lipinski definition) is 1. The number of benzene rings is 2. The summed E-state index contributed by atoms with van der Waals surface area (Å²) in [6.45, 7) is 5.01. The second-order valence-corrected chi connectivity index (χ2v) is 5.84. The smallest absolute Gasteiger partial charge is 0.257 e. The molecule has 0 aliphatic heterocycles. The minimum absolute atomic E-state index is 0.233. The fourth-order valence-electron chi connectivity index (χ4n) is 2.65. The minimum atomic E-state index is -0.233. The fourth-order valence-corrected chi connectivity index (χ4v) is 2.65. The molecule has 0 unspecified atom stereocenters. The van der Waals surface area contributed by atoms with Gasteiger partial charge < -0.3 is 19.3 Å². The van der Waals surface area contributed by atoms with Crippen LogP contribution in [0.15, 0.2) is 59.1 Å². The summed E-state index contributed by atoms with van der Waals surface area (Å²) >= 11 is 0. The quantitative estimate of drug-likeness (QED) is 0.613. The van der Waals surface area contributed by atoms with Crippen LogP contribution in [0.1, 0.15) is 23.0 Å². The van der Waals surface area contributed by atoms with Crippen LogP contribution in [0, 0.1) is 6.92 Å². The summed E-state index contributed by atoms with van der Waals surface area (Å²) in [7, 11) is 0. The third-order valence-electron chi connectivity index (χ3n) is 3.93. The molecule has 6 nitrogen and oxygen atoms in total. The van der Waals surface area contributed by atoms with E-state index in [0.29, 0.717) is 36.8 Å². The van der Waals surface area contributed by atoms with Crippen LogP contribution in [-0.4, -0.2) is 30.8 Å². The molecule has 0 aliphatic rings. The van der Waals surface area contributed by atoms with Crippen molar-refractivity contribution in [1.82, 2.24) is 10.5 Å². The normalized spacial score (nSPS) is 10.4. The van der Waals surface area contributed by atoms with E-state index < -0.39 is 0 Å². The molecule has 1 amide bonds. The van der Waals surface area contributed by atoms with Crippen LogP contribution in [-0.2, 0) is 0 Å². The van der Waals surface area contributed by atoms with Crippen molar-refractivity contribution in [3.8, 4) is 22.8 Å². The average molecular weight is 366 g/mol. The van der Waals surface area contributed by atoms with Crippen LogP contribution >= 0.6 is 0 Å². The topological polar surface area (TPSA) is 73.6 Å². The zero-order valence-electron chi connectivity index (χ0n) is 15.4. The summed E-state index contributed by atoms with van der Waals surface area (Å²) in [6.07, 6.45) is 0. The highest BCUT2D eigenvalue weighted by molar-refractivity contribution is 6.00. The van der Waals surface area contributed by atoms with E-state index in [-0.39, 0.29) is 5.91 Å². The molecule has 1 heterocycles. The Labute approximate surface area is 158 Å². The summed E-state index contributed by atoms with van der Waals surface area (Å²) in [6, 6.07) is 16.9. The maximum Gasteiger partial charge on any atom is 0.257 e. The minimum Gasteiger partial charge on any atom is -0.494 e. The number of aryl methyl sites for hydroxylation is 1. The summed E-state index contributed by atoms with van der Waals surface area (Å²) in [4.78, 5) is 12.6. The predicted molar refractivity (Wildman–Crippen MR) is 102 cm³/mol. The summed E-state index contributed by atoms with van der Waals surface area (Å²) in [5.74, 6) is 1.77. The van der Waals surface area contributed by atoms with Gasteiger partial charge in [0.25, 0.3) is 5.91 Å². The van der Waals surface area contributed by atoms with E-state index in [1.807, 2.05) is 61.5 Å². The van der Waals surface area contributed by atoms with Gasteiger partial charge in [0.1, 0.15) is 35.1 Å². The van der Waals surface area contributed by atoms with Crippen LogP contribution in [0.4, 0.5) is 0 Å². The Morgan fingerprint density at radius 2 is 1.70 bits per heavy atom. The van der Waals surface area contributed by atoms with Gasteiger partial charge in [0.15, 0.2) is 0 Å². The second-order valence-electron chi connectivity index (χ2n) is 5.84. The number of aromatic nitrogens is 1. The number of nitrogens with one attached hydrogen (secondary N) is 1. The molecule has 0 aliphatic carbocycles. The van der Waals surface area contributed by atoms with E-state index in [4.69, 9.17) is 14.0 Å². The number of rotatable bonds is 8. The highest BCUT2D eigenvalue weighted by Crippen LogP contribution is 2.24. The highest BCUT2D eigenvalue weighted by Gasteiger charge is 2.21. The summed E-state index contributed by atoms with van der Waals surface area (Å²) in [5, 5.41) is 6.88. The first kappa shape index (κ1) is 18.5. The van der Waals surface area contributed by atoms with Crippen molar-refractivity contribution in [1.29, 1.82) is 0 Å². The largest absolute Gasteiger partial charge is 0.494 e. The van der Waals surface area contributed by atoms with Crippen molar-refractivity contribution in [2.45, 2.75) is 13.8 Å². The average Bonchev–Trinajstić information content (AvgIpc) is 3.09. The van der Waals surface area contributed by atoms with Gasteiger partial charge in [0.05, 0.1) is 13.2 Å². The van der Waals surface area contributed by atoms with Gasteiger partial charge in [-0.05, 0) is 38.1 Å². The molecule has 6 heteroatoms. The van der Waals surface area contributed by atoms with Gasteiger partial charge in [-0.15, -0.1) is 0 Å². The molecule has 0 spiro atoms. The van der Waals surface area contributed by atoms with Crippen molar-refractivity contribution in [2.75, 3.05) is 19.8 Å². The van der Waals surface area contributed by atoms with E-state index >= 15 is 0 Å². The molecule has 0 radical (unpaired) electrons. The molecule has 0 fully saturated rings. The Morgan fingerprint density at radius 1 is 1.04 bits per heavy atom. The maximum absolute atomic E-state index is 12.6. The van der Waals surface area contributed by atoms with Gasteiger partial charge in [-0.1, -0.05) is 35.5 Å². The van der Waals surface area contributed by atoms with E-state index in [0.717, 1.165) is 17.1 Å². The number of carbonyl (C=O) groups is 1. The monoisotopic (exact) mass is 366 g/mol. The van der Waals surface area contributed by atoms with Crippen LogP contribution in [0.25, 0.3) is 11.3 Å². The first-order chi connectivity index (χ1) is 13.2. The summed E-state index contributed by atoms with van der Waals surface area (Å²) in [5.41, 5.74) is 1.82. The third-order valence-corrected chi connectivity index (χ3v) is 3.93. The van der Waals surface area contributed by atoms with Crippen LogP contribution < -0.4 is 14.8 Å². The SMILES string of the molecule is CCOc1ccc(OCCNC(=O)c2c(-c3ccccc3)noc2C)cc1. The van der Waals surface area contributed by atoms with Crippen LogP contribution in [0.2, 0.25) is 0 Å². The number of nitrogens with zero attached hydrogens (tertiary/aromatic N) is 1. The van der Waals surface area contributed by atoms with Crippen molar-refractivity contribution in [3.05, 3.63) is 65.9 Å². The number of amides is 1. The molecule has 27 heavy (non-hydrogen) atoms. The number of ether oxygens (including phenoxy) is 2. The molecule has 1 aromatic heterocycles. The van der Waals surface area contributed by atoms with E-state index in [1.54, 1.807) is 6.92 Å². The Hall–Kier alpha value is -3.28. The Morgan fingerprint density at radius 3 is 2.37 bits per heavy atom. The first-order valence-corrected chi connectivity index (χ1v) is 8.84.